The fraction of sp³-hybridized carbons (Fsp3) is 0.524. The molecule has 2 N–H and O–H groups in total. The van der Waals surface area contributed by atoms with Crippen LogP contribution in [0.1, 0.15) is 55.6 Å². The average Bonchev–Trinajstić information content (AvgIpc) is 2.88. The van der Waals surface area contributed by atoms with Crippen molar-refractivity contribution in [2.24, 2.45) is 0 Å². The van der Waals surface area contributed by atoms with Crippen LogP contribution in [0.3, 0.4) is 0 Å². The number of fused-ring (bicyclic) bond motifs is 1. The number of carbonyl (C=O) groups excluding carboxylic acids is 1. The SMILES string of the molecule is Cc1ccc(C(C)C)c(OC(C)C(=O)NCc2cc3n(n2)CCCNC3)c1. The minimum Gasteiger partial charge on any atom is -0.481 e. The first kappa shape index (κ1) is 19.4. The van der Waals surface area contributed by atoms with E-state index in [1.54, 1.807) is 6.92 Å². The Morgan fingerprint density at radius 3 is 2.93 bits per heavy atom. The minimum absolute atomic E-state index is 0.132. The minimum atomic E-state index is -0.564. The lowest BCUT2D eigenvalue weighted by atomic mass is 10.0. The molecule has 2 aromatic rings. The van der Waals surface area contributed by atoms with E-state index in [2.05, 4.69) is 47.8 Å². The number of amides is 1. The molecule has 27 heavy (non-hydrogen) atoms. The van der Waals surface area contributed by atoms with Crippen LogP contribution in [-0.4, -0.2) is 28.3 Å². The van der Waals surface area contributed by atoms with Crippen molar-refractivity contribution in [1.82, 2.24) is 20.4 Å². The van der Waals surface area contributed by atoms with Crippen molar-refractivity contribution in [1.29, 1.82) is 0 Å². The van der Waals surface area contributed by atoms with Crippen LogP contribution < -0.4 is 15.4 Å². The van der Waals surface area contributed by atoms with Gasteiger partial charge in [0.15, 0.2) is 6.10 Å². The number of aryl methyl sites for hydroxylation is 2. The molecule has 0 fully saturated rings. The number of rotatable bonds is 6. The smallest absolute Gasteiger partial charge is 0.261 e. The highest BCUT2D eigenvalue weighted by Gasteiger charge is 2.18. The number of aromatic nitrogens is 2. The second-order valence-corrected chi connectivity index (χ2v) is 7.55. The van der Waals surface area contributed by atoms with Gasteiger partial charge in [0.25, 0.3) is 5.91 Å². The Hall–Kier alpha value is -2.34. The molecule has 1 aliphatic heterocycles. The van der Waals surface area contributed by atoms with Crippen molar-refractivity contribution in [3.8, 4) is 5.75 Å². The van der Waals surface area contributed by atoms with E-state index in [1.165, 1.54) is 5.69 Å². The van der Waals surface area contributed by atoms with Gasteiger partial charge in [-0.15, -0.1) is 0 Å². The van der Waals surface area contributed by atoms with Gasteiger partial charge >= 0.3 is 0 Å². The predicted octanol–water partition coefficient (Wildman–Crippen LogP) is 2.89. The third kappa shape index (κ3) is 4.89. The lowest BCUT2D eigenvalue weighted by molar-refractivity contribution is -0.127. The van der Waals surface area contributed by atoms with Gasteiger partial charge in [0.05, 0.1) is 17.9 Å². The summed E-state index contributed by atoms with van der Waals surface area (Å²) in [5.41, 5.74) is 4.29. The molecule has 0 bridgehead atoms. The van der Waals surface area contributed by atoms with Crippen LogP contribution in [-0.2, 0) is 24.4 Å². The molecule has 6 heteroatoms. The van der Waals surface area contributed by atoms with E-state index >= 15 is 0 Å². The van der Waals surface area contributed by atoms with Gasteiger partial charge in [0.1, 0.15) is 5.75 Å². The van der Waals surface area contributed by atoms with Crippen molar-refractivity contribution in [2.45, 2.75) is 65.8 Å². The summed E-state index contributed by atoms with van der Waals surface area (Å²) in [4.78, 5) is 12.5. The zero-order valence-electron chi connectivity index (χ0n) is 16.7. The third-order valence-electron chi connectivity index (χ3n) is 4.85. The fourth-order valence-electron chi connectivity index (χ4n) is 3.29. The first-order valence-corrected chi connectivity index (χ1v) is 9.75. The van der Waals surface area contributed by atoms with Crippen molar-refractivity contribution >= 4 is 5.91 Å². The van der Waals surface area contributed by atoms with Crippen LogP contribution >= 0.6 is 0 Å². The van der Waals surface area contributed by atoms with E-state index in [0.29, 0.717) is 12.5 Å². The number of hydrogen-bond acceptors (Lipinski definition) is 4. The van der Waals surface area contributed by atoms with Crippen LogP contribution in [0.5, 0.6) is 5.75 Å². The first-order valence-electron chi connectivity index (χ1n) is 9.75. The Kier molecular flexibility index (Phi) is 6.16. The maximum atomic E-state index is 12.5. The lowest BCUT2D eigenvalue weighted by Crippen LogP contribution is -2.36. The molecule has 0 spiro atoms. The molecule has 6 nitrogen and oxygen atoms in total. The number of ether oxygens (including phenoxy) is 1. The summed E-state index contributed by atoms with van der Waals surface area (Å²) in [5.74, 6) is 0.991. The van der Waals surface area contributed by atoms with E-state index in [9.17, 15) is 4.79 Å². The van der Waals surface area contributed by atoms with Gasteiger partial charge in [-0.1, -0.05) is 26.0 Å². The molecule has 2 heterocycles. The number of carbonyl (C=O) groups is 1. The summed E-state index contributed by atoms with van der Waals surface area (Å²) in [6.07, 6.45) is 0.506. The van der Waals surface area contributed by atoms with Crippen molar-refractivity contribution < 1.29 is 9.53 Å². The molecule has 1 aromatic heterocycles. The molecular formula is C21H30N4O2. The van der Waals surface area contributed by atoms with Gasteiger partial charge in [-0.05, 0) is 56.0 Å². The Morgan fingerprint density at radius 1 is 1.33 bits per heavy atom. The second kappa shape index (κ2) is 8.57. The molecule has 146 valence electrons. The summed E-state index contributed by atoms with van der Waals surface area (Å²) < 4.78 is 8.02. The van der Waals surface area contributed by atoms with Gasteiger partial charge in [-0.2, -0.15) is 5.10 Å². The summed E-state index contributed by atoms with van der Waals surface area (Å²) in [6.45, 7) is 11.2. The predicted molar refractivity (Wildman–Crippen MR) is 106 cm³/mol. The highest BCUT2D eigenvalue weighted by atomic mass is 16.5. The number of hydrogen-bond donors (Lipinski definition) is 2. The Bertz CT molecular complexity index is 774. The normalized spacial score (nSPS) is 15.1. The van der Waals surface area contributed by atoms with Crippen molar-refractivity contribution in [3.63, 3.8) is 0 Å². The zero-order valence-corrected chi connectivity index (χ0v) is 16.7. The zero-order chi connectivity index (χ0) is 19.4. The molecule has 0 saturated heterocycles. The van der Waals surface area contributed by atoms with Crippen LogP contribution in [0.4, 0.5) is 0 Å². The monoisotopic (exact) mass is 370 g/mol. The van der Waals surface area contributed by atoms with E-state index in [4.69, 9.17) is 4.74 Å². The number of benzene rings is 1. The van der Waals surface area contributed by atoms with E-state index in [0.717, 1.165) is 48.6 Å². The number of nitrogens with zero attached hydrogens (tertiary/aromatic N) is 2. The van der Waals surface area contributed by atoms with Crippen molar-refractivity contribution in [3.05, 3.63) is 46.8 Å². The van der Waals surface area contributed by atoms with E-state index in [-0.39, 0.29) is 5.91 Å². The van der Waals surface area contributed by atoms with Gasteiger partial charge in [-0.3, -0.25) is 9.48 Å². The molecule has 0 aliphatic carbocycles. The summed E-state index contributed by atoms with van der Waals surface area (Å²) in [6, 6.07) is 8.21. The fourth-order valence-corrected chi connectivity index (χ4v) is 3.29. The molecule has 1 aliphatic rings. The highest BCUT2D eigenvalue weighted by molar-refractivity contribution is 5.80. The standard InChI is InChI=1S/C21H30N4O2/c1-14(2)19-7-6-15(3)10-20(19)27-16(4)21(26)23-12-17-11-18-13-22-8-5-9-25(18)24-17/h6-7,10-11,14,16,22H,5,8-9,12-13H2,1-4H3,(H,23,26). The van der Waals surface area contributed by atoms with Gasteiger partial charge < -0.3 is 15.4 Å². The van der Waals surface area contributed by atoms with Crippen LogP contribution in [0, 0.1) is 6.92 Å². The molecule has 3 rings (SSSR count). The quantitative estimate of drug-likeness (QED) is 0.820. The Balaban J connectivity index is 1.59. The highest BCUT2D eigenvalue weighted by Crippen LogP contribution is 2.28. The molecule has 1 aromatic carbocycles. The number of nitrogens with one attached hydrogen (secondary N) is 2. The van der Waals surface area contributed by atoms with E-state index < -0.39 is 6.10 Å². The Morgan fingerprint density at radius 2 is 2.15 bits per heavy atom. The molecule has 1 atom stereocenters. The van der Waals surface area contributed by atoms with Crippen LogP contribution in [0.2, 0.25) is 0 Å². The molecule has 1 amide bonds. The molecule has 0 radical (unpaired) electrons. The van der Waals surface area contributed by atoms with E-state index in [1.807, 2.05) is 17.7 Å². The third-order valence-corrected chi connectivity index (χ3v) is 4.85. The Labute approximate surface area is 161 Å². The molecule has 0 saturated carbocycles. The molecular weight excluding hydrogens is 340 g/mol. The van der Waals surface area contributed by atoms with Crippen LogP contribution in [0.15, 0.2) is 24.3 Å². The lowest BCUT2D eigenvalue weighted by Gasteiger charge is -2.19. The summed E-state index contributed by atoms with van der Waals surface area (Å²) >= 11 is 0. The second-order valence-electron chi connectivity index (χ2n) is 7.55. The van der Waals surface area contributed by atoms with Gasteiger partial charge in [0.2, 0.25) is 0 Å². The maximum Gasteiger partial charge on any atom is 0.261 e. The van der Waals surface area contributed by atoms with Crippen molar-refractivity contribution in [2.75, 3.05) is 6.54 Å². The molecule has 1 unspecified atom stereocenters. The summed E-state index contributed by atoms with van der Waals surface area (Å²) in [7, 11) is 0. The van der Waals surface area contributed by atoms with Crippen LogP contribution in [0.25, 0.3) is 0 Å². The summed E-state index contributed by atoms with van der Waals surface area (Å²) in [5, 5.41) is 10.9. The topological polar surface area (TPSA) is 68.2 Å². The average molecular weight is 370 g/mol. The first-order chi connectivity index (χ1) is 12.9. The maximum absolute atomic E-state index is 12.5. The van der Waals surface area contributed by atoms with Gasteiger partial charge in [0, 0.05) is 13.1 Å². The van der Waals surface area contributed by atoms with Gasteiger partial charge in [-0.25, -0.2) is 0 Å². The largest absolute Gasteiger partial charge is 0.481 e.